The molecule has 0 spiro atoms. The third kappa shape index (κ3) is 2.69. The molecule has 1 aliphatic rings. The number of carbonyl (C=O) groups excluding carboxylic acids is 2. The lowest BCUT2D eigenvalue weighted by Crippen LogP contribution is -2.35. The summed E-state index contributed by atoms with van der Waals surface area (Å²) in [6.07, 6.45) is 1.79. The Morgan fingerprint density at radius 3 is 3.09 bits per heavy atom. The van der Waals surface area contributed by atoms with Crippen LogP contribution in [-0.4, -0.2) is 26.6 Å². The number of rotatable bonds is 4. The van der Waals surface area contributed by atoms with E-state index < -0.39 is 5.92 Å². The van der Waals surface area contributed by atoms with Crippen LogP contribution in [0.4, 0.5) is 5.69 Å². The van der Waals surface area contributed by atoms with Crippen molar-refractivity contribution in [2.24, 2.45) is 0 Å². The van der Waals surface area contributed by atoms with Crippen molar-refractivity contribution < 1.29 is 9.59 Å². The second kappa shape index (κ2) is 5.97. The molecule has 1 atom stereocenters. The average molecular weight is 299 g/mol. The largest absolute Gasteiger partial charge is 0.348 e. The minimum Gasteiger partial charge on any atom is -0.348 e. The third-order valence-electron chi connectivity index (χ3n) is 3.77. The van der Waals surface area contributed by atoms with Crippen molar-refractivity contribution in [2.75, 3.05) is 5.32 Å². The standard InChI is InChI=1S/C15H17N5O2/c1-2-20-9-17-19-13(20)8-16-15(22)11-7-14(21)18-12-6-4-3-5-10(11)12/h3-6,9,11H,2,7-8H2,1H3,(H,16,22)(H,18,21). The molecule has 0 saturated carbocycles. The van der Waals surface area contributed by atoms with Crippen molar-refractivity contribution in [1.29, 1.82) is 0 Å². The van der Waals surface area contributed by atoms with E-state index in [2.05, 4.69) is 20.8 Å². The van der Waals surface area contributed by atoms with Gasteiger partial charge in [-0.1, -0.05) is 18.2 Å². The molecule has 0 saturated heterocycles. The summed E-state index contributed by atoms with van der Waals surface area (Å²) in [6, 6.07) is 7.38. The summed E-state index contributed by atoms with van der Waals surface area (Å²) >= 11 is 0. The SMILES string of the molecule is CCn1cnnc1CNC(=O)C1CC(=O)Nc2ccccc21. The van der Waals surface area contributed by atoms with Crippen LogP contribution in [0, 0.1) is 0 Å². The maximum atomic E-state index is 12.5. The molecule has 7 nitrogen and oxygen atoms in total. The first-order valence-corrected chi connectivity index (χ1v) is 7.22. The van der Waals surface area contributed by atoms with Crippen molar-refractivity contribution >= 4 is 17.5 Å². The van der Waals surface area contributed by atoms with Crippen LogP contribution in [0.1, 0.15) is 30.7 Å². The van der Waals surface area contributed by atoms with E-state index in [1.165, 1.54) is 0 Å². The molecule has 7 heteroatoms. The first kappa shape index (κ1) is 14.2. The smallest absolute Gasteiger partial charge is 0.228 e. The van der Waals surface area contributed by atoms with E-state index in [9.17, 15) is 9.59 Å². The second-order valence-electron chi connectivity index (χ2n) is 5.14. The normalized spacial score (nSPS) is 16.8. The molecule has 114 valence electrons. The number of carbonyl (C=O) groups is 2. The highest BCUT2D eigenvalue weighted by atomic mass is 16.2. The molecule has 2 N–H and O–H groups in total. The number of benzene rings is 1. The molecule has 3 rings (SSSR count). The van der Waals surface area contributed by atoms with Crippen molar-refractivity contribution in [3.05, 3.63) is 42.0 Å². The van der Waals surface area contributed by atoms with Gasteiger partial charge in [0, 0.05) is 18.7 Å². The summed E-state index contributed by atoms with van der Waals surface area (Å²) in [5.74, 6) is -0.0872. The van der Waals surface area contributed by atoms with E-state index in [0.717, 1.165) is 12.1 Å². The molecule has 0 radical (unpaired) electrons. The van der Waals surface area contributed by atoms with Gasteiger partial charge in [0.2, 0.25) is 11.8 Å². The van der Waals surface area contributed by atoms with Gasteiger partial charge in [0.15, 0.2) is 5.82 Å². The van der Waals surface area contributed by atoms with Crippen LogP contribution in [0.5, 0.6) is 0 Å². The Balaban J connectivity index is 1.74. The zero-order valence-electron chi connectivity index (χ0n) is 12.2. The number of aromatic nitrogens is 3. The molecule has 0 bridgehead atoms. The van der Waals surface area contributed by atoms with Gasteiger partial charge in [0.1, 0.15) is 6.33 Å². The maximum absolute atomic E-state index is 12.5. The molecule has 1 aromatic carbocycles. The lowest BCUT2D eigenvalue weighted by atomic mass is 9.90. The average Bonchev–Trinajstić information content (AvgIpc) is 2.99. The van der Waals surface area contributed by atoms with Gasteiger partial charge in [0.25, 0.3) is 0 Å². The Morgan fingerprint density at radius 1 is 1.45 bits per heavy atom. The highest BCUT2D eigenvalue weighted by molar-refractivity contribution is 6.01. The van der Waals surface area contributed by atoms with E-state index in [-0.39, 0.29) is 18.2 Å². The molecule has 2 amide bonds. The topological polar surface area (TPSA) is 88.9 Å². The molecular formula is C15H17N5O2. The Labute approximate surface area is 127 Å². The van der Waals surface area contributed by atoms with Crippen molar-refractivity contribution in [3.8, 4) is 0 Å². The number of nitrogens with zero attached hydrogens (tertiary/aromatic N) is 3. The summed E-state index contributed by atoms with van der Waals surface area (Å²) in [5, 5.41) is 13.4. The van der Waals surface area contributed by atoms with Gasteiger partial charge >= 0.3 is 0 Å². The number of hydrogen-bond acceptors (Lipinski definition) is 4. The van der Waals surface area contributed by atoms with Gasteiger partial charge in [-0.25, -0.2) is 0 Å². The lowest BCUT2D eigenvalue weighted by Gasteiger charge is -2.24. The molecular weight excluding hydrogens is 282 g/mol. The van der Waals surface area contributed by atoms with Gasteiger partial charge in [-0.15, -0.1) is 10.2 Å². The van der Waals surface area contributed by atoms with Crippen LogP contribution in [-0.2, 0) is 22.7 Å². The van der Waals surface area contributed by atoms with Crippen molar-refractivity contribution in [3.63, 3.8) is 0 Å². The first-order chi connectivity index (χ1) is 10.7. The Hall–Kier alpha value is -2.70. The molecule has 22 heavy (non-hydrogen) atoms. The summed E-state index contributed by atoms with van der Waals surface area (Å²) in [6.45, 7) is 3.02. The predicted octanol–water partition coefficient (Wildman–Crippen LogP) is 1.04. The van der Waals surface area contributed by atoms with Crippen LogP contribution in [0.15, 0.2) is 30.6 Å². The number of para-hydroxylation sites is 1. The first-order valence-electron chi connectivity index (χ1n) is 7.22. The van der Waals surface area contributed by atoms with Gasteiger partial charge in [-0.05, 0) is 18.6 Å². The summed E-state index contributed by atoms with van der Waals surface area (Å²) in [4.78, 5) is 24.2. The van der Waals surface area contributed by atoms with E-state index in [0.29, 0.717) is 18.1 Å². The van der Waals surface area contributed by atoms with Gasteiger partial charge in [-0.3, -0.25) is 9.59 Å². The minimum absolute atomic E-state index is 0.143. The number of fused-ring (bicyclic) bond motifs is 1. The van der Waals surface area contributed by atoms with Crippen LogP contribution < -0.4 is 10.6 Å². The zero-order chi connectivity index (χ0) is 15.5. The van der Waals surface area contributed by atoms with Crippen LogP contribution >= 0.6 is 0 Å². The Morgan fingerprint density at radius 2 is 2.27 bits per heavy atom. The molecule has 1 aromatic heterocycles. The van der Waals surface area contributed by atoms with Crippen LogP contribution in [0.2, 0.25) is 0 Å². The number of amides is 2. The maximum Gasteiger partial charge on any atom is 0.228 e. The molecule has 0 fully saturated rings. The summed E-state index contributed by atoms with van der Waals surface area (Å²) in [5.41, 5.74) is 1.55. The molecule has 1 aliphatic heterocycles. The number of anilines is 1. The van der Waals surface area contributed by atoms with E-state index in [4.69, 9.17) is 0 Å². The number of nitrogens with one attached hydrogen (secondary N) is 2. The summed E-state index contributed by atoms with van der Waals surface area (Å²) in [7, 11) is 0. The lowest BCUT2D eigenvalue weighted by molar-refractivity contribution is -0.126. The minimum atomic E-state index is -0.469. The van der Waals surface area contributed by atoms with E-state index in [1.54, 1.807) is 12.4 Å². The number of aryl methyl sites for hydroxylation is 1. The Bertz CT molecular complexity index is 709. The molecule has 2 aromatic rings. The van der Waals surface area contributed by atoms with Crippen molar-refractivity contribution in [2.45, 2.75) is 32.4 Å². The monoisotopic (exact) mass is 299 g/mol. The highest BCUT2D eigenvalue weighted by Crippen LogP contribution is 2.31. The van der Waals surface area contributed by atoms with Gasteiger partial charge < -0.3 is 15.2 Å². The predicted molar refractivity (Wildman–Crippen MR) is 80.0 cm³/mol. The fraction of sp³-hybridized carbons (Fsp3) is 0.333. The van der Waals surface area contributed by atoms with Crippen LogP contribution in [0.25, 0.3) is 0 Å². The Kier molecular flexibility index (Phi) is 3.86. The number of hydrogen-bond donors (Lipinski definition) is 2. The van der Waals surface area contributed by atoms with Gasteiger partial charge in [-0.2, -0.15) is 0 Å². The molecule has 1 unspecified atom stereocenters. The second-order valence-corrected chi connectivity index (χ2v) is 5.14. The van der Waals surface area contributed by atoms with E-state index >= 15 is 0 Å². The fourth-order valence-electron chi connectivity index (χ4n) is 2.61. The molecule has 2 heterocycles. The highest BCUT2D eigenvalue weighted by Gasteiger charge is 2.30. The van der Waals surface area contributed by atoms with Gasteiger partial charge in [0.05, 0.1) is 12.5 Å². The van der Waals surface area contributed by atoms with Crippen LogP contribution in [0.3, 0.4) is 0 Å². The summed E-state index contributed by atoms with van der Waals surface area (Å²) < 4.78 is 1.86. The fourth-order valence-corrected chi connectivity index (χ4v) is 2.61. The zero-order valence-corrected chi connectivity index (χ0v) is 12.2. The quantitative estimate of drug-likeness (QED) is 0.883. The third-order valence-corrected chi connectivity index (χ3v) is 3.77. The molecule has 0 aliphatic carbocycles. The van der Waals surface area contributed by atoms with E-state index in [1.807, 2.05) is 29.7 Å². The van der Waals surface area contributed by atoms with Crippen molar-refractivity contribution in [1.82, 2.24) is 20.1 Å².